The number of alkyl halides is 1. The second kappa shape index (κ2) is 13.0. The van der Waals surface area contributed by atoms with Crippen LogP contribution in [0.5, 0.6) is 11.5 Å². The average molecular weight is 435 g/mol. The summed E-state index contributed by atoms with van der Waals surface area (Å²) in [6.45, 7) is 5.95. The minimum Gasteiger partial charge on any atom is -0.493 e. The predicted molar refractivity (Wildman–Crippen MR) is 121 cm³/mol. The molecule has 0 saturated carbocycles. The molecule has 0 bridgehead atoms. The SMILES string of the molecule is CCCCCCCCOc1ccc(OCCCCCBr)c2cc(C)ccc12. The molecule has 0 aliphatic carbocycles. The lowest BCUT2D eigenvalue weighted by molar-refractivity contribution is 0.302. The van der Waals surface area contributed by atoms with Crippen LogP contribution in [-0.4, -0.2) is 18.5 Å². The number of ether oxygens (including phenoxy) is 2. The molecule has 27 heavy (non-hydrogen) atoms. The van der Waals surface area contributed by atoms with Gasteiger partial charge in [-0.05, 0) is 50.8 Å². The molecule has 0 unspecified atom stereocenters. The topological polar surface area (TPSA) is 18.5 Å². The molecule has 0 spiro atoms. The fraction of sp³-hybridized carbons (Fsp3) is 0.583. The van der Waals surface area contributed by atoms with Crippen LogP contribution in [0.25, 0.3) is 10.8 Å². The van der Waals surface area contributed by atoms with E-state index in [1.165, 1.54) is 50.5 Å². The van der Waals surface area contributed by atoms with Crippen molar-refractivity contribution >= 4 is 26.7 Å². The summed E-state index contributed by atoms with van der Waals surface area (Å²) in [7, 11) is 0. The van der Waals surface area contributed by atoms with E-state index in [1.54, 1.807) is 0 Å². The van der Waals surface area contributed by atoms with Gasteiger partial charge in [0.15, 0.2) is 0 Å². The highest BCUT2D eigenvalue weighted by molar-refractivity contribution is 9.09. The molecule has 2 rings (SSSR count). The molecule has 2 aromatic rings. The lowest BCUT2D eigenvalue weighted by Crippen LogP contribution is -2.01. The van der Waals surface area contributed by atoms with Crippen LogP contribution in [0.1, 0.15) is 70.3 Å². The van der Waals surface area contributed by atoms with Crippen molar-refractivity contribution in [3.8, 4) is 11.5 Å². The summed E-state index contributed by atoms with van der Waals surface area (Å²) >= 11 is 3.48. The zero-order chi connectivity index (χ0) is 19.3. The molecule has 0 fully saturated rings. The summed E-state index contributed by atoms with van der Waals surface area (Å²) in [6, 6.07) is 10.7. The monoisotopic (exact) mass is 434 g/mol. The number of rotatable bonds is 14. The van der Waals surface area contributed by atoms with Gasteiger partial charge in [-0.1, -0.05) is 72.7 Å². The van der Waals surface area contributed by atoms with Crippen molar-refractivity contribution in [2.75, 3.05) is 18.5 Å². The van der Waals surface area contributed by atoms with Gasteiger partial charge in [-0.15, -0.1) is 0 Å². The van der Waals surface area contributed by atoms with Gasteiger partial charge in [-0.3, -0.25) is 0 Å². The van der Waals surface area contributed by atoms with Gasteiger partial charge in [-0.2, -0.15) is 0 Å². The molecule has 3 heteroatoms. The van der Waals surface area contributed by atoms with Gasteiger partial charge in [0.1, 0.15) is 11.5 Å². The number of hydrogen-bond donors (Lipinski definition) is 0. The van der Waals surface area contributed by atoms with Gasteiger partial charge in [0, 0.05) is 16.1 Å². The minimum absolute atomic E-state index is 0.772. The van der Waals surface area contributed by atoms with Crippen molar-refractivity contribution in [3.63, 3.8) is 0 Å². The minimum atomic E-state index is 0.772. The first-order valence-electron chi connectivity index (χ1n) is 10.6. The Morgan fingerprint density at radius 1 is 0.704 bits per heavy atom. The third kappa shape index (κ3) is 7.73. The molecule has 0 aliphatic rings. The molecule has 0 aromatic heterocycles. The third-order valence-electron chi connectivity index (χ3n) is 4.88. The fourth-order valence-electron chi connectivity index (χ4n) is 3.28. The molecule has 0 heterocycles. The third-order valence-corrected chi connectivity index (χ3v) is 5.44. The van der Waals surface area contributed by atoms with Crippen molar-refractivity contribution in [1.82, 2.24) is 0 Å². The number of halogens is 1. The zero-order valence-electron chi connectivity index (χ0n) is 17.1. The Morgan fingerprint density at radius 3 is 1.96 bits per heavy atom. The first-order chi connectivity index (χ1) is 13.3. The molecule has 2 aromatic carbocycles. The van der Waals surface area contributed by atoms with Gasteiger partial charge in [0.05, 0.1) is 13.2 Å². The lowest BCUT2D eigenvalue weighted by Gasteiger charge is -2.14. The molecule has 2 nitrogen and oxygen atoms in total. The number of hydrogen-bond acceptors (Lipinski definition) is 2. The van der Waals surface area contributed by atoms with Gasteiger partial charge >= 0.3 is 0 Å². The number of aryl methyl sites for hydroxylation is 1. The van der Waals surface area contributed by atoms with E-state index in [4.69, 9.17) is 9.47 Å². The van der Waals surface area contributed by atoms with Crippen LogP contribution in [0.3, 0.4) is 0 Å². The summed E-state index contributed by atoms with van der Waals surface area (Å²) in [6.07, 6.45) is 11.2. The predicted octanol–water partition coefficient (Wildman–Crippen LogP) is 7.83. The second-order valence-corrected chi connectivity index (χ2v) is 8.12. The van der Waals surface area contributed by atoms with E-state index in [0.29, 0.717) is 0 Å². The number of fused-ring (bicyclic) bond motifs is 1. The van der Waals surface area contributed by atoms with Crippen LogP contribution in [0.15, 0.2) is 30.3 Å². The Balaban J connectivity index is 1.94. The highest BCUT2D eigenvalue weighted by Crippen LogP contribution is 2.34. The maximum Gasteiger partial charge on any atom is 0.127 e. The molecule has 0 amide bonds. The Bertz CT molecular complexity index is 669. The van der Waals surface area contributed by atoms with Crippen molar-refractivity contribution < 1.29 is 9.47 Å². The Labute approximate surface area is 173 Å². The van der Waals surface area contributed by atoms with Crippen LogP contribution in [0.4, 0.5) is 0 Å². The van der Waals surface area contributed by atoms with E-state index in [1.807, 2.05) is 0 Å². The lowest BCUT2D eigenvalue weighted by atomic mass is 10.1. The van der Waals surface area contributed by atoms with Crippen molar-refractivity contribution in [2.45, 2.75) is 71.6 Å². The fourth-order valence-corrected chi connectivity index (χ4v) is 3.68. The number of unbranched alkanes of at least 4 members (excludes halogenated alkanes) is 7. The molecule has 0 aliphatic heterocycles. The van der Waals surface area contributed by atoms with Crippen molar-refractivity contribution in [1.29, 1.82) is 0 Å². The van der Waals surface area contributed by atoms with E-state index in [9.17, 15) is 0 Å². The average Bonchev–Trinajstić information content (AvgIpc) is 2.68. The molecular formula is C24H35BrO2. The molecule has 0 radical (unpaired) electrons. The summed E-state index contributed by atoms with van der Waals surface area (Å²) in [5.41, 5.74) is 1.25. The van der Waals surface area contributed by atoms with Crippen LogP contribution >= 0.6 is 15.9 Å². The van der Waals surface area contributed by atoms with Crippen LogP contribution in [0, 0.1) is 6.92 Å². The summed E-state index contributed by atoms with van der Waals surface area (Å²) < 4.78 is 12.2. The highest BCUT2D eigenvalue weighted by Gasteiger charge is 2.09. The van der Waals surface area contributed by atoms with Crippen LogP contribution in [0.2, 0.25) is 0 Å². The Morgan fingerprint density at radius 2 is 1.30 bits per heavy atom. The van der Waals surface area contributed by atoms with Crippen LogP contribution in [-0.2, 0) is 0 Å². The first-order valence-corrected chi connectivity index (χ1v) is 11.7. The Hall–Kier alpha value is -1.22. The maximum absolute atomic E-state index is 6.12. The standard InChI is InChI=1S/C24H35BrO2/c1-3-4-5-6-7-10-17-26-23-14-15-24(27-18-11-8-9-16-25)22-19-20(2)12-13-21(22)23/h12-15,19H,3-11,16-18H2,1-2H3. The van der Waals surface area contributed by atoms with Gasteiger partial charge < -0.3 is 9.47 Å². The van der Waals surface area contributed by atoms with E-state index in [-0.39, 0.29) is 0 Å². The summed E-state index contributed by atoms with van der Waals surface area (Å²) in [4.78, 5) is 0. The maximum atomic E-state index is 6.12. The van der Waals surface area contributed by atoms with Gasteiger partial charge in [-0.25, -0.2) is 0 Å². The molecule has 0 atom stereocenters. The first kappa shape index (κ1) is 22.1. The van der Waals surface area contributed by atoms with Gasteiger partial charge in [0.2, 0.25) is 0 Å². The summed E-state index contributed by atoms with van der Waals surface area (Å²) in [5, 5.41) is 3.39. The zero-order valence-corrected chi connectivity index (χ0v) is 18.7. The molecule has 0 N–H and O–H groups in total. The van der Waals surface area contributed by atoms with E-state index < -0.39 is 0 Å². The van der Waals surface area contributed by atoms with Crippen LogP contribution < -0.4 is 9.47 Å². The van der Waals surface area contributed by atoms with E-state index >= 15 is 0 Å². The normalized spacial score (nSPS) is 11.1. The smallest absolute Gasteiger partial charge is 0.127 e. The van der Waals surface area contributed by atoms with E-state index in [2.05, 4.69) is 60.1 Å². The largest absolute Gasteiger partial charge is 0.493 e. The molecule has 150 valence electrons. The van der Waals surface area contributed by atoms with Crippen molar-refractivity contribution in [2.24, 2.45) is 0 Å². The van der Waals surface area contributed by atoms with Crippen molar-refractivity contribution in [3.05, 3.63) is 35.9 Å². The second-order valence-electron chi connectivity index (χ2n) is 7.33. The van der Waals surface area contributed by atoms with Gasteiger partial charge in [0.25, 0.3) is 0 Å². The Kier molecular flexibility index (Phi) is 10.7. The van der Waals surface area contributed by atoms with E-state index in [0.717, 1.165) is 53.7 Å². The quantitative estimate of drug-likeness (QED) is 0.222. The molecule has 0 saturated heterocycles. The molecular weight excluding hydrogens is 400 g/mol. The highest BCUT2D eigenvalue weighted by atomic mass is 79.9. The number of benzene rings is 2. The summed E-state index contributed by atoms with van der Waals surface area (Å²) in [5.74, 6) is 1.95.